The molecule has 0 bridgehead atoms. The Labute approximate surface area is 156 Å². The van der Waals surface area contributed by atoms with Crippen LogP contribution in [-0.4, -0.2) is 46.4 Å². The molecule has 0 saturated heterocycles. The number of nitrogens with zero attached hydrogens (tertiary/aromatic N) is 1. The summed E-state index contributed by atoms with van der Waals surface area (Å²) in [4.78, 5) is 38.0. The first-order valence-electron chi connectivity index (χ1n) is 9.01. The van der Waals surface area contributed by atoms with Crippen LogP contribution in [0, 0.1) is 0 Å². The van der Waals surface area contributed by atoms with Gasteiger partial charge in [-0.2, -0.15) is 0 Å². The Morgan fingerprint density at radius 1 is 1.30 bits per heavy atom. The summed E-state index contributed by atoms with van der Waals surface area (Å²) < 4.78 is 6.66. The fourth-order valence-corrected chi connectivity index (χ4v) is 2.62. The lowest BCUT2D eigenvalue weighted by atomic mass is 10.2. The Hall–Kier alpha value is -2.49. The van der Waals surface area contributed by atoms with E-state index in [-0.39, 0.29) is 18.1 Å². The van der Waals surface area contributed by atoms with E-state index in [2.05, 4.69) is 10.3 Å². The summed E-state index contributed by atoms with van der Waals surface area (Å²) in [7, 11) is 0. The van der Waals surface area contributed by atoms with Crippen LogP contribution in [0.25, 0.3) is 6.08 Å². The number of aliphatic hydroxyl groups is 1. The number of unbranched alkanes of at least 4 members (excludes halogenated alkanes) is 3. The third kappa shape index (κ3) is 6.31. The lowest BCUT2D eigenvalue weighted by Crippen LogP contribution is -2.33. The maximum Gasteiger partial charge on any atom is 0.330 e. The topological polar surface area (TPSA) is 139 Å². The highest BCUT2D eigenvalue weighted by Gasteiger charge is 2.21. The maximum absolute atomic E-state index is 12.0. The van der Waals surface area contributed by atoms with Gasteiger partial charge in [0.15, 0.2) is 6.23 Å². The predicted octanol–water partition coefficient (Wildman–Crippen LogP) is -0.369. The van der Waals surface area contributed by atoms with Gasteiger partial charge in [-0.05, 0) is 31.5 Å². The maximum atomic E-state index is 12.0. The molecule has 2 atom stereocenters. The number of hydrogen-bond acceptors (Lipinski definition) is 6. The minimum Gasteiger partial charge on any atom is -0.393 e. The summed E-state index contributed by atoms with van der Waals surface area (Å²) in [5, 5.41) is 11.8. The minimum absolute atomic E-state index is 0.150. The number of ether oxygens (including phenoxy) is 1. The number of hydrogen-bond donors (Lipinski definition) is 4. The quantitative estimate of drug-likeness (QED) is 0.249. The Bertz CT molecular complexity index is 796. The number of aromatic nitrogens is 2. The number of carbonyl (C=O) groups is 1. The Balaban J connectivity index is 1.96. The van der Waals surface area contributed by atoms with Crippen molar-refractivity contribution >= 4 is 12.0 Å². The monoisotopic (exact) mass is 378 g/mol. The van der Waals surface area contributed by atoms with Gasteiger partial charge in [-0.1, -0.05) is 18.9 Å². The molecule has 2 rings (SSSR count). The molecular weight excluding hydrogens is 352 g/mol. The molecule has 2 heterocycles. The summed E-state index contributed by atoms with van der Waals surface area (Å²) in [5.74, 6) is -0.316. The molecule has 1 aromatic heterocycles. The Morgan fingerprint density at radius 3 is 2.78 bits per heavy atom. The van der Waals surface area contributed by atoms with E-state index in [0.29, 0.717) is 13.1 Å². The highest BCUT2D eigenvalue weighted by atomic mass is 16.5. The highest BCUT2D eigenvalue weighted by molar-refractivity contribution is 5.91. The van der Waals surface area contributed by atoms with Gasteiger partial charge in [0, 0.05) is 18.8 Å². The summed E-state index contributed by atoms with van der Waals surface area (Å²) in [6.07, 6.45) is 9.83. The van der Waals surface area contributed by atoms with Crippen LogP contribution in [0.2, 0.25) is 0 Å². The van der Waals surface area contributed by atoms with E-state index in [9.17, 15) is 14.4 Å². The van der Waals surface area contributed by atoms with E-state index in [1.54, 1.807) is 12.2 Å². The summed E-state index contributed by atoms with van der Waals surface area (Å²) in [6.45, 7) is 1.02. The van der Waals surface area contributed by atoms with Crippen molar-refractivity contribution in [2.24, 2.45) is 5.73 Å². The molecule has 0 saturated carbocycles. The van der Waals surface area contributed by atoms with Gasteiger partial charge < -0.3 is 20.9 Å². The highest BCUT2D eigenvalue weighted by Crippen LogP contribution is 2.19. The van der Waals surface area contributed by atoms with E-state index in [0.717, 1.165) is 25.7 Å². The van der Waals surface area contributed by atoms with Gasteiger partial charge >= 0.3 is 5.69 Å². The second kappa shape index (κ2) is 10.6. The number of nitrogens with one attached hydrogen (secondary N) is 2. The van der Waals surface area contributed by atoms with Crippen molar-refractivity contribution in [1.29, 1.82) is 0 Å². The van der Waals surface area contributed by atoms with Crippen molar-refractivity contribution in [2.45, 2.75) is 38.0 Å². The normalized spacial score (nSPS) is 19.0. The van der Waals surface area contributed by atoms with Crippen LogP contribution < -0.4 is 22.3 Å². The van der Waals surface area contributed by atoms with Crippen LogP contribution in [0.1, 0.15) is 37.5 Å². The molecular formula is C18H26N4O5. The first-order chi connectivity index (χ1) is 13.0. The number of carbonyl (C=O) groups excluding carboxylic acids is 1. The summed E-state index contributed by atoms with van der Waals surface area (Å²) in [6, 6.07) is 0. The van der Waals surface area contributed by atoms with E-state index < -0.39 is 23.6 Å². The van der Waals surface area contributed by atoms with Crippen LogP contribution in [0.3, 0.4) is 0 Å². The average molecular weight is 378 g/mol. The third-order valence-corrected chi connectivity index (χ3v) is 4.10. The van der Waals surface area contributed by atoms with Crippen molar-refractivity contribution in [3.05, 3.63) is 50.8 Å². The molecule has 0 unspecified atom stereocenters. The lowest BCUT2D eigenvalue weighted by Gasteiger charge is -2.15. The van der Waals surface area contributed by atoms with Crippen molar-refractivity contribution < 1.29 is 14.6 Å². The smallest absolute Gasteiger partial charge is 0.330 e. The molecule has 0 fully saturated rings. The molecule has 0 aliphatic carbocycles. The summed E-state index contributed by atoms with van der Waals surface area (Å²) >= 11 is 0. The third-order valence-electron chi connectivity index (χ3n) is 4.10. The Kier molecular flexibility index (Phi) is 8.18. The SMILES string of the molecule is NCCCCCCNC(=O)/C=C/c1cn([C@@H]2C=C[C@H](CO)O2)c(=O)[nH]c1=O. The van der Waals surface area contributed by atoms with Crippen molar-refractivity contribution in [1.82, 2.24) is 14.9 Å². The molecule has 0 spiro atoms. The second-order valence-corrected chi connectivity index (χ2v) is 6.21. The van der Waals surface area contributed by atoms with Crippen molar-refractivity contribution in [3.8, 4) is 0 Å². The molecule has 1 aromatic rings. The van der Waals surface area contributed by atoms with Crippen molar-refractivity contribution in [2.75, 3.05) is 19.7 Å². The molecule has 27 heavy (non-hydrogen) atoms. The zero-order valence-corrected chi connectivity index (χ0v) is 15.1. The number of rotatable bonds is 10. The first-order valence-corrected chi connectivity index (χ1v) is 9.01. The molecule has 9 heteroatoms. The van der Waals surface area contributed by atoms with Crippen LogP contribution >= 0.6 is 0 Å². The molecule has 1 aliphatic rings. The van der Waals surface area contributed by atoms with Crippen LogP contribution in [-0.2, 0) is 9.53 Å². The summed E-state index contributed by atoms with van der Waals surface area (Å²) in [5.41, 5.74) is 4.34. The van der Waals surface area contributed by atoms with Gasteiger partial charge in [-0.15, -0.1) is 0 Å². The van der Waals surface area contributed by atoms with E-state index >= 15 is 0 Å². The molecule has 0 radical (unpaired) electrons. The van der Waals surface area contributed by atoms with Gasteiger partial charge in [0.05, 0.1) is 12.2 Å². The minimum atomic E-state index is -0.721. The largest absolute Gasteiger partial charge is 0.393 e. The number of aromatic amines is 1. The zero-order chi connectivity index (χ0) is 19.6. The van der Waals surface area contributed by atoms with Crippen LogP contribution in [0.5, 0.6) is 0 Å². The van der Waals surface area contributed by atoms with Crippen LogP contribution in [0.15, 0.2) is 34.0 Å². The fraction of sp³-hybridized carbons (Fsp3) is 0.500. The predicted molar refractivity (Wildman–Crippen MR) is 101 cm³/mol. The van der Waals surface area contributed by atoms with E-state index in [1.807, 2.05) is 0 Å². The fourth-order valence-electron chi connectivity index (χ4n) is 2.62. The van der Waals surface area contributed by atoms with Gasteiger partial charge in [0.2, 0.25) is 5.91 Å². The first kappa shape index (κ1) is 20.8. The number of nitrogens with two attached hydrogens (primary N) is 1. The molecule has 5 N–H and O–H groups in total. The average Bonchev–Trinajstić information content (AvgIpc) is 3.13. The zero-order valence-electron chi connectivity index (χ0n) is 15.1. The van der Waals surface area contributed by atoms with Gasteiger partial charge in [0.25, 0.3) is 5.56 Å². The lowest BCUT2D eigenvalue weighted by molar-refractivity contribution is -0.116. The second-order valence-electron chi connectivity index (χ2n) is 6.21. The van der Waals surface area contributed by atoms with Crippen molar-refractivity contribution in [3.63, 3.8) is 0 Å². The molecule has 1 amide bonds. The van der Waals surface area contributed by atoms with Gasteiger partial charge in [0.1, 0.15) is 6.10 Å². The van der Waals surface area contributed by atoms with E-state index in [1.165, 1.54) is 22.9 Å². The van der Waals surface area contributed by atoms with Gasteiger partial charge in [-0.3, -0.25) is 19.1 Å². The Morgan fingerprint density at radius 2 is 2.07 bits per heavy atom. The van der Waals surface area contributed by atoms with Gasteiger partial charge in [-0.25, -0.2) is 4.79 Å². The molecule has 0 aromatic carbocycles. The molecule has 9 nitrogen and oxygen atoms in total. The molecule has 1 aliphatic heterocycles. The van der Waals surface area contributed by atoms with E-state index in [4.69, 9.17) is 15.6 Å². The standard InChI is InChI=1S/C18H26N4O5/c19-9-3-1-2-4-10-20-15(24)7-5-13-11-22(18(26)21-17(13)25)16-8-6-14(12-23)27-16/h5-8,11,14,16,23H,1-4,9-10,12,19H2,(H,20,24)(H,21,25,26)/b7-5+/t14-,16+/m1/s1. The van der Waals surface area contributed by atoms with Crippen LogP contribution in [0.4, 0.5) is 0 Å². The number of aliphatic hydroxyl groups excluding tert-OH is 1. The molecule has 148 valence electrons. The number of H-pyrrole nitrogens is 1. The number of amides is 1.